The highest BCUT2D eigenvalue weighted by molar-refractivity contribution is 9.10. The van der Waals surface area contributed by atoms with Crippen LogP contribution in [-0.4, -0.2) is 33.5 Å². The topological polar surface area (TPSA) is 90.6 Å². The number of rotatable bonds is 8. The monoisotopic (exact) mass is 401 g/mol. The molecule has 8 heteroatoms. The molecule has 0 saturated carbocycles. The average molecular weight is 402 g/mol. The highest BCUT2D eigenvalue weighted by atomic mass is 79.9. The van der Waals surface area contributed by atoms with E-state index in [2.05, 4.69) is 63.9 Å². The van der Waals surface area contributed by atoms with Crippen LogP contribution in [0, 0.1) is 0 Å². The molecule has 0 atom stereocenters. The van der Waals surface area contributed by atoms with Gasteiger partial charge in [0, 0.05) is 37.6 Å². The van der Waals surface area contributed by atoms with Crippen LogP contribution in [0.1, 0.15) is 11.3 Å². The number of benzene rings is 1. The van der Waals surface area contributed by atoms with Gasteiger partial charge in [-0.1, -0.05) is 12.1 Å². The van der Waals surface area contributed by atoms with Crippen molar-refractivity contribution in [3.8, 4) is 0 Å². The average Bonchev–Trinajstić information content (AvgIpc) is 3.12. The molecule has 130 valence electrons. The summed E-state index contributed by atoms with van der Waals surface area (Å²) >= 11 is 3.48. The highest BCUT2D eigenvalue weighted by Crippen LogP contribution is 2.22. The van der Waals surface area contributed by atoms with Crippen LogP contribution in [0.2, 0.25) is 0 Å². The lowest BCUT2D eigenvalue weighted by molar-refractivity contribution is 0.818. The second-order valence-corrected chi connectivity index (χ2v) is 6.34. The number of nitrogens with one attached hydrogen (secondary N) is 4. The molecule has 0 unspecified atom stereocenters. The summed E-state index contributed by atoms with van der Waals surface area (Å²) in [6.45, 7) is 1.55. The number of H-pyrrole nitrogens is 1. The molecule has 0 aliphatic rings. The Bertz CT molecular complexity index is 805. The third kappa shape index (κ3) is 5.01. The third-order valence-electron chi connectivity index (χ3n) is 3.54. The maximum absolute atomic E-state index is 4.54. The normalized spacial score (nSPS) is 10.6. The second kappa shape index (κ2) is 8.59. The molecule has 3 rings (SSSR count). The van der Waals surface area contributed by atoms with Crippen molar-refractivity contribution in [1.82, 2.24) is 25.3 Å². The maximum Gasteiger partial charge on any atom is 0.229 e. The van der Waals surface area contributed by atoms with Crippen molar-refractivity contribution in [2.45, 2.75) is 13.0 Å². The van der Waals surface area contributed by atoms with Gasteiger partial charge in [0.05, 0.1) is 16.5 Å². The largest absolute Gasteiger partial charge is 0.369 e. The summed E-state index contributed by atoms with van der Waals surface area (Å²) < 4.78 is 0.823. The summed E-state index contributed by atoms with van der Waals surface area (Å²) in [5, 5.41) is 9.70. The Balaban J connectivity index is 1.65. The van der Waals surface area contributed by atoms with Gasteiger partial charge in [-0.05, 0) is 40.7 Å². The van der Waals surface area contributed by atoms with Crippen LogP contribution in [0.25, 0.3) is 0 Å². The molecule has 0 bridgehead atoms. The van der Waals surface area contributed by atoms with Crippen molar-refractivity contribution in [2.75, 3.05) is 24.2 Å². The quantitative estimate of drug-likeness (QED) is 0.463. The van der Waals surface area contributed by atoms with Crippen molar-refractivity contribution >= 4 is 33.4 Å². The smallest absolute Gasteiger partial charge is 0.229 e. The SMILES string of the molecule is CNCc1cccc(Nc2ncc(Br)c(NCCc3c[nH]cn3)n2)c1. The Morgan fingerprint density at radius 2 is 2.16 bits per heavy atom. The number of nitrogens with zero attached hydrogens (tertiary/aromatic N) is 3. The molecule has 25 heavy (non-hydrogen) atoms. The molecule has 2 aromatic heterocycles. The lowest BCUT2D eigenvalue weighted by Crippen LogP contribution is -2.09. The Hall–Kier alpha value is -2.45. The first-order chi connectivity index (χ1) is 12.2. The van der Waals surface area contributed by atoms with E-state index >= 15 is 0 Å². The molecule has 0 spiro atoms. The minimum Gasteiger partial charge on any atom is -0.369 e. The van der Waals surface area contributed by atoms with Crippen LogP contribution < -0.4 is 16.0 Å². The van der Waals surface area contributed by atoms with E-state index in [1.807, 2.05) is 25.4 Å². The van der Waals surface area contributed by atoms with Gasteiger partial charge in [-0.3, -0.25) is 0 Å². The first-order valence-electron chi connectivity index (χ1n) is 7.99. The standard InChI is InChI=1S/C17H20BrN7/c1-19-8-12-3-2-4-13(7-12)24-17-22-10-15(18)16(25-17)21-6-5-14-9-20-11-23-14/h2-4,7,9-11,19H,5-6,8H2,1H3,(H,20,23)(H2,21,22,24,25). The van der Waals surface area contributed by atoms with Gasteiger partial charge < -0.3 is 20.9 Å². The number of hydrogen-bond acceptors (Lipinski definition) is 6. The summed E-state index contributed by atoms with van der Waals surface area (Å²) in [4.78, 5) is 16.0. The van der Waals surface area contributed by atoms with Crippen LogP contribution in [0.5, 0.6) is 0 Å². The van der Waals surface area contributed by atoms with E-state index in [0.29, 0.717) is 5.95 Å². The van der Waals surface area contributed by atoms with E-state index < -0.39 is 0 Å². The van der Waals surface area contributed by atoms with Gasteiger partial charge in [-0.25, -0.2) is 9.97 Å². The molecule has 2 heterocycles. The molecule has 0 amide bonds. The summed E-state index contributed by atoms with van der Waals surface area (Å²) in [6.07, 6.45) is 6.13. The zero-order valence-electron chi connectivity index (χ0n) is 13.9. The van der Waals surface area contributed by atoms with Crippen molar-refractivity contribution in [3.05, 3.63) is 58.7 Å². The Morgan fingerprint density at radius 1 is 1.24 bits per heavy atom. The van der Waals surface area contributed by atoms with Crippen molar-refractivity contribution in [3.63, 3.8) is 0 Å². The first kappa shape index (κ1) is 17.4. The number of anilines is 3. The number of hydrogen-bond donors (Lipinski definition) is 4. The fourth-order valence-electron chi connectivity index (χ4n) is 2.38. The van der Waals surface area contributed by atoms with Gasteiger partial charge in [0.1, 0.15) is 5.82 Å². The van der Waals surface area contributed by atoms with Crippen LogP contribution in [-0.2, 0) is 13.0 Å². The van der Waals surface area contributed by atoms with E-state index in [0.717, 1.165) is 41.2 Å². The highest BCUT2D eigenvalue weighted by Gasteiger charge is 2.06. The van der Waals surface area contributed by atoms with E-state index in [-0.39, 0.29) is 0 Å². The van der Waals surface area contributed by atoms with Crippen LogP contribution in [0.4, 0.5) is 17.5 Å². The predicted octanol–water partition coefficient (Wildman–Crippen LogP) is 3.08. The predicted molar refractivity (Wildman–Crippen MR) is 103 cm³/mol. The van der Waals surface area contributed by atoms with E-state index in [4.69, 9.17) is 0 Å². The zero-order valence-corrected chi connectivity index (χ0v) is 15.5. The molecule has 3 aromatic rings. The van der Waals surface area contributed by atoms with Crippen LogP contribution >= 0.6 is 15.9 Å². The molecule has 4 N–H and O–H groups in total. The molecule has 0 saturated heterocycles. The number of aromatic amines is 1. The van der Waals surface area contributed by atoms with Gasteiger partial charge >= 0.3 is 0 Å². The lowest BCUT2D eigenvalue weighted by atomic mass is 10.2. The van der Waals surface area contributed by atoms with Crippen LogP contribution in [0.15, 0.2) is 47.5 Å². The van der Waals surface area contributed by atoms with Gasteiger partial charge in [0.25, 0.3) is 0 Å². The fourth-order valence-corrected chi connectivity index (χ4v) is 2.71. The third-order valence-corrected chi connectivity index (χ3v) is 4.12. The molecule has 0 aliphatic carbocycles. The van der Waals surface area contributed by atoms with Gasteiger partial charge in [-0.2, -0.15) is 4.98 Å². The summed E-state index contributed by atoms with van der Waals surface area (Å²) in [6, 6.07) is 8.16. The summed E-state index contributed by atoms with van der Waals surface area (Å²) in [7, 11) is 1.93. The van der Waals surface area contributed by atoms with Gasteiger partial charge in [-0.15, -0.1) is 0 Å². The van der Waals surface area contributed by atoms with Crippen molar-refractivity contribution < 1.29 is 0 Å². The van der Waals surface area contributed by atoms with Gasteiger partial charge in [0.2, 0.25) is 5.95 Å². The number of imidazole rings is 1. The summed E-state index contributed by atoms with van der Waals surface area (Å²) in [5.41, 5.74) is 3.16. The van der Waals surface area contributed by atoms with Gasteiger partial charge in [0.15, 0.2) is 0 Å². The molecular weight excluding hydrogens is 382 g/mol. The fraction of sp³-hybridized carbons (Fsp3) is 0.235. The Kier molecular flexibility index (Phi) is 5.97. The molecule has 1 aromatic carbocycles. The minimum absolute atomic E-state index is 0.548. The van der Waals surface area contributed by atoms with E-state index in [9.17, 15) is 0 Å². The van der Waals surface area contributed by atoms with Crippen molar-refractivity contribution in [1.29, 1.82) is 0 Å². The maximum atomic E-state index is 4.54. The van der Waals surface area contributed by atoms with Crippen molar-refractivity contribution in [2.24, 2.45) is 0 Å². The molecular formula is C17H20BrN7. The lowest BCUT2D eigenvalue weighted by Gasteiger charge is -2.10. The Labute approximate surface area is 154 Å². The summed E-state index contributed by atoms with van der Waals surface area (Å²) in [5.74, 6) is 1.30. The molecule has 0 fully saturated rings. The molecule has 0 radical (unpaired) electrons. The first-order valence-corrected chi connectivity index (χ1v) is 8.78. The zero-order chi connectivity index (χ0) is 17.5. The number of aromatic nitrogens is 4. The second-order valence-electron chi connectivity index (χ2n) is 5.48. The van der Waals surface area contributed by atoms with E-state index in [1.54, 1.807) is 12.5 Å². The minimum atomic E-state index is 0.548. The molecule has 0 aliphatic heterocycles. The molecule has 7 nitrogen and oxygen atoms in total. The Morgan fingerprint density at radius 3 is 2.96 bits per heavy atom. The van der Waals surface area contributed by atoms with E-state index in [1.165, 1.54) is 5.56 Å². The van der Waals surface area contributed by atoms with Crippen LogP contribution in [0.3, 0.4) is 0 Å². The number of halogens is 1.